The standard InChI is InChI=1S/C11H14ClN3O4S/c1-19-10(16)11-4-2-7(3-5-11)15(11)20(17,18)8-6-13-14-9(8)12/h6-7H,2-5H2,1H3,(H,13,14). The lowest BCUT2D eigenvalue weighted by molar-refractivity contribution is -0.150. The van der Waals surface area contributed by atoms with E-state index in [0.29, 0.717) is 25.7 Å². The molecule has 110 valence electrons. The molecule has 1 aromatic rings. The quantitative estimate of drug-likeness (QED) is 0.836. The van der Waals surface area contributed by atoms with E-state index in [1.54, 1.807) is 0 Å². The lowest BCUT2D eigenvalue weighted by Gasteiger charge is -2.30. The summed E-state index contributed by atoms with van der Waals surface area (Å²) >= 11 is 5.84. The van der Waals surface area contributed by atoms with Crippen LogP contribution in [0.15, 0.2) is 11.1 Å². The molecule has 0 atom stereocenters. The number of methoxy groups -OCH3 is 1. The van der Waals surface area contributed by atoms with E-state index < -0.39 is 21.5 Å². The second-order valence-electron chi connectivity index (χ2n) is 5.10. The molecule has 0 spiro atoms. The highest BCUT2D eigenvalue weighted by atomic mass is 35.5. The Hall–Kier alpha value is -1.12. The highest BCUT2D eigenvalue weighted by molar-refractivity contribution is 7.89. The van der Waals surface area contributed by atoms with Gasteiger partial charge in [0.05, 0.1) is 13.3 Å². The minimum absolute atomic E-state index is 0.0451. The number of nitrogens with zero attached hydrogens (tertiary/aromatic N) is 2. The molecule has 0 unspecified atom stereocenters. The molecular formula is C11H14ClN3O4S. The van der Waals surface area contributed by atoms with Crippen molar-refractivity contribution in [2.24, 2.45) is 0 Å². The lowest BCUT2D eigenvalue weighted by Crippen LogP contribution is -2.51. The number of nitrogens with one attached hydrogen (secondary N) is 1. The highest BCUT2D eigenvalue weighted by Gasteiger charge is 2.62. The Morgan fingerprint density at radius 3 is 2.70 bits per heavy atom. The number of rotatable bonds is 3. The van der Waals surface area contributed by atoms with Crippen LogP contribution in [0, 0.1) is 0 Å². The molecule has 0 aliphatic carbocycles. The number of H-pyrrole nitrogens is 1. The summed E-state index contributed by atoms with van der Waals surface area (Å²) < 4.78 is 31.7. The van der Waals surface area contributed by atoms with E-state index in [1.165, 1.54) is 17.6 Å². The first-order valence-corrected chi connectivity index (χ1v) is 8.07. The second kappa shape index (κ2) is 4.44. The van der Waals surface area contributed by atoms with E-state index in [2.05, 4.69) is 10.2 Å². The Morgan fingerprint density at radius 1 is 1.55 bits per heavy atom. The van der Waals surface area contributed by atoms with Gasteiger partial charge in [0.2, 0.25) is 10.0 Å². The van der Waals surface area contributed by atoms with Gasteiger partial charge in [-0.3, -0.25) is 9.89 Å². The summed E-state index contributed by atoms with van der Waals surface area (Å²) in [5.74, 6) is -0.499. The number of fused-ring (bicyclic) bond motifs is 2. The minimum Gasteiger partial charge on any atom is -0.468 e. The van der Waals surface area contributed by atoms with Crippen LogP contribution in [0.3, 0.4) is 0 Å². The average molecular weight is 320 g/mol. The van der Waals surface area contributed by atoms with Crippen LogP contribution in [0.4, 0.5) is 0 Å². The highest BCUT2D eigenvalue weighted by Crippen LogP contribution is 2.50. The average Bonchev–Trinajstić information content (AvgIpc) is 3.10. The SMILES string of the molecule is COC(=O)C12CCC(CC1)N2S(=O)(=O)c1cn[nH]c1Cl. The fraction of sp³-hybridized carbons (Fsp3) is 0.636. The van der Waals surface area contributed by atoms with Crippen LogP contribution >= 0.6 is 11.6 Å². The Morgan fingerprint density at radius 2 is 2.20 bits per heavy atom. The summed E-state index contributed by atoms with van der Waals surface area (Å²) in [6.45, 7) is 0. The molecule has 20 heavy (non-hydrogen) atoms. The predicted molar refractivity (Wildman–Crippen MR) is 69.6 cm³/mol. The van der Waals surface area contributed by atoms with Gasteiger partial charge in [0, 0.05) is 6.04 Å². The smallest absolute Gasteiger partial charge is 0.327 e. The van der Waals surface area contributed by atoms with Crippen LogP contribution < -0.4 is 0 Å². The van der Waals surface area contributed by atoms with Crippen molar-refractivity contribution in [3.63, 3.8) is 0 Å². The monoisotopic (exact) mass is 319 g/mol. The summed E-state index contributed by atoms with van der Waals surface area (Å²) in [5, 5.41) is 5.99. The summed E-state index contributed by atoms with van der Waals surface area (Å²) in [5.41, 5.74) is -1.08. The Balaban J connectivity index is 2.10. The molecule has 2 fully saturated rings. The van der Waals surface area contributed by atoms with Crippen LogP contribution in [-0.4, -0.2) is 47.6 Å². The summed E-state index contributed by atoms with van der Waals surface area (Å²) in [6.07, 6.45) is 3.45. The first-order chi connectivity index (χ1) is 9.43. The Labute approximate surface area is 121 Å². The van der Waals surface area contributed by atoms with Crippen LogP contribution in [0.25, 0.3) is 0 Å². The van der Waals surface area contributed by atoms with Crippen LogP contribution in [0.1, 0.15) is 25.7 Å². The second-order valence-corrected chi connectivity index (χ2v) is 7.26. The first-order valence-electron chi connectivity index (χ1n) is 6.25. The third-order valence-electron chi connectivity index (χ3n) is 4.20. The van der Waals surface area contributed by atoms with Crippen molar-refractivity contribution < 1.29 is 17.9 Å². The molecule has 2 bridgehead atoms. The fourth-order valence-electron chi connectivity index (χ4n) is 3.34. The van der Waals surface area contributed by atoms with Crippen LogP contribution in [0.2, 0.25) is 5.15 Å². The topological polar surface area (TPSA) is 92.4 Å². The number of hydrogen-bond donors (Lipinski definition) is 1. The van der Waals surface area contributed by atoms with Crippen molar-refractivity contribution in [1.82, 2.24) is 14.5 Å². The van der Waals surface area contributed by atoms with E-state index >= 15 is 0 Å². The van der Waals surface area contributed by atoms with Crippen molar-refractivity contribution in [1.29, 1.82) is 0 Å². The van der Waals surface area contributed by atoms with Crippen LogP contribution in [-0.2, 0) is 19.6 Å². The zero-order chi connectivity index (χ0) is 14.5. The summed E-state index contributed by atoms with van der Waals surface area (Å²) in [7, 11) is -2.59. The van der Waals surface area contributed by atoms with Gasteiger partial charge in [-0.15, -0.1) is 0 Å². The lowest BCUT2D eigenvalue weighted by atomic mass is 9.88. The predicted octanol–water partition coefficient (Wildman–Crippen LogP) is 0.922. The van der Waals surface area contributed by atoms with Gasteiger partial charge in [-0.1, -0.05) is 11.6 Å². The van der Waals surface area contributed by atoms with E-state index in [9.17, 15) is 13.2 Å². The van der Waals surface area contributed by atoms with Gasteiger partial charge in [0.15, 0.2) is 0 Å². The third kappa shape index (κ3) is 1.64. The van der Waals surface area contributed by atoms with Crippen molar-refractivity contribution >= 4 is 27.6 Å². The normalized spacial score (nSPS) is 29.8. The number of carbonyl (C=O) groups excluding carboxylic acids is 1. The maximum Gasteiger partial charge on any atom is 0.327 e. The molecule has 0 saturated carbocycles. The molecule has 7 nitrogen and oxygen atoms in total. The van der Waals surface area contributed by atoms with Gasteiger partial charge in [0.25, 0.3) is 0 Å². The molecular weight excluding hydrogens is 306 g/mol. The molecule has 0 aromatic carbocycles. The zero-order valence-electron chi connectivity index (χ0n) is 10.8. The number of ether oxygens (including phenoxy) is 1. The van der Waals surface area contributed by atoms with E-state index in [4.69, 9.17) is 16.3 Å². The molecule has 2 aliphatic rings. The number of esters is 1. The van der Waals surface area contributed by atoms with Crippen molar-refractivity contribution in [2.75, 3.05) is 7.11 Å². The molecule has 2 saturated heterocycles. The fourth-order valence-corrected chi connectivity index (χ4v) is 5.72. The minimum atomic E-state index is -3.87. The van der Waals surface area contributed by atoms with Gasteiger partial charge in [-0.25, -0.2) is 8.42 Å². The number of sulfonamides is 1. The van der Waals surface area contributed by atoms with Gasteiger partial charge >= 0.3 is 5.97 Å². The maximum absolute atomic E-state index is 12.8. The van der Waals surface area contributed by atoms with Gasteiger partial charge in [-0.2, -0.15) is 9.40 Å². The first kappa shape index (κ1) is 13.8. The molecule has 0 radical (unpaired) electrons. The number of hydrogen-bond acceptors (Lipinski definition) is 5. The van der Waals surface area contributed by atoms with E-state index in [-0.39, 0.29) is 16.1 Å². The number of aromatic nitrogens is 2. The van der Waals surface area contributed by atoms with Crippen molar-refractivity contribution in [2.45, 2.75) is 42.2 Å². The molecule has 1 aromatic heterocycles. The molecule has 1 N–H and O–H groups in total. The Kier molecular flexibility index (Phi) is 3.07. The van der Waals surface area contributed by atoms with E-state index in [1.807, 2.05) is 0 Å². The van der Waals surface area contributed by atoms with E-state index in [0.717, 1.165) is 0 Å². The third-order valence-corrected chi connectivity index (χ3v) is 6.63. The molecule has 3 heterocycles. The molecule has 9 heteroatoms. The maximum atomic E-state index is 12.8. The summed E-state index contributed by atoms with van der Waals surface area (Å²) in [6, 6.07) is -0.176. The van der Waals surface area contributed by atoms with Gasteiger partial charge in [-0.05, 0) is 25.7 Å². The van der Waals surface area contributed by atoms with Crippen molar-refractivity contribution in [3.8, 4) is 0 Å². The number of carbonyl (C=O) groups is 1. The van der Waals surface area contributed by atoms with Crippen LogP contribution in [0.5, 0.6) is 0 Å². The van der Waals surface area contributed by atoms with Gasteiger partial charge < -0.3 is 4.74 Å². The Bertz CT molecular complexity index is 648. The molecule has 2 aliphatic heterocycles. The van der Waals surface area contributed by atoms with Crippen molar-refractivity contribution in [3.05, 3.63) is 11.3 Å². The van der Waals surface area contributed by atoms with Gasteiger partial charge in [0.1, 0.15) is 15.6 Å². The summed E-state index contributed by atoms with van der Waals surface area (Å²) in [4.78, 5) is 12.0. The largest absolute Gasteiger partial charge is 0.468 e. The number of aromatic amines is 1. The zero-order valence-corrected chi connectivity index (χ0v) is 12.4. The molecule has 0 amide bonds. The number of halogens is 1. The molecule has 3 rings (SSSR count).